The average molecular weight is 431 g/mol. The minimum atomic E-state index is -0.106. The van der Waals surface area contributed by atoms with Gasteiger partial charge in [0.15, 0.2) is 5.65 Å². The van der Waals surface area contributed by atoms with E-state index in [0.717, 1.165) is 47.3 Å². The number of fused-ring (bicyclic) bond motifs is 5. The van der Waals surface area contributed by atoms with Crippen molar-refractivity contribution < 1.29 is 4.79 Å². The molecule has 1 aromatic carbocycles. The Balaban J connectivity index is 1.82. The number of aryl methyl sites for hydroxylation is 2. The fourth-order valence-electron chi connectivity index (χ4n) is 4.79. The fourth-order valence-corrected chi connectivity index (χ4v) is 4.79. The van der Waals surface area contributed by atoms with Crippen LogP contribution in [0, 0.1) is 13.8 Å². The Hall–Kier alpha value is -3.19. The first-order valence-electron chi connectivity index (χ1n) is 11.3. The lowest BCUT2D eigenvalue weighted by Crippen LogP contribution is -2.31. The number of rotatable bonds is 4. The number of anilines is 1. The van der Waals surface area contributed by atoms with E-state index in [0.29, 0.717) is 23.8 Å². The molecule has 0 spiro atoms. The molecule has 5 rings (SSSR count). The number of carbonyl (C=O) groups excluding carboxylic acids is 1. The first kappa shape index (κ1) is 20.7. The highest BCUT2D eigenvalue weighted by molar-refractivity contribution is 6.07. The second-order valence-corrected chi connectivity index (χ2v) is 9.03. The number of nitrogens with one attached hydrogen (secondary N) is 1. The summed E-state index contributed by atoms with van der Waals surface area (Å²) in [6.07, 6.45) is 2.99. The van der Waals surface area contributed by atoms with E-state index in [2.05, 4.69) is 65.7 Å². The van der Waals surface area contributed by atoms with Crippen molar-refractivity contribution in [3.05, 3.63) is 47.2 Å². The predicted octanol–water partition coefficient (Wildman–Crippen LogP) is 3.54. The third kappa shape index (κ3) is 3.19. The molecule has 3 aromatic heterocycles. The quantitative estimate of drug-likeness (QED) is 0.536. The number of likely N-dealkylation sites (N-methyl/N-ethyl adjacent to an activating group) is 1. The molecule has 1 atom stereocenters. The normalized spacial score (nSPS) is 16.7. The molecule has 7 heteroatoms. The van der Waals surface area contributed by atoms with Gasteiger partial charge in [0.05, 0.1) is 16.6 Å². The van der Waals surface area contributed by atoms with Crippen molar-refractivity contribution in [1.29, 1.82) is 0 Å². The van der Waals surface area contributed by atoms with Crippen LogP contribution in [0.3, 0.4) is 0 Å². The van der Waals surface area contributed by atoms with Crippen LogP contribution in [0.2, 0.25) is 0 Å². The van der Waals surface area contributed by atoms with E-state index in [1.165, 1.54) is 11.1 Å². The Labute approximate surface area is 188 Å². The van der Waals surface area contributed by atoms with Gasteiger partial charge in [-0.1, -0.05) is 0 Å². The van der Waals surface area contributed by atoms with E-state index in [4.69, 9.17) is 9.97 Å². The highest BCUT2D eigenvalue weighted by Crippen LogP contribution is 2.33. The number of aromatic nitrogens is 3. The number of carbonyl (C=O) groups is 1. The zero-order valence-corrected chi connectivity index (χ0v) is 19.4. The maximum Gasteiger partial charge on any atom is 0.255 e. The van der Waals surface area contributed by atoms with Gasteiger partial charge < -0.3 is 15.1 Å². The van der Waals surface area contributed by atoms with Gasteiger partial charge in [0.25, 0.3) is 5.91 Å². The van der Waals surface area contributed by atoms with Gasteiger partial charge >= 0.3 is 0 Å². The Morgan fingerprint density at radius 3 is 2.69 bits per heavy atom. The topological polar surface area (TPSA) is 65.8 Å². The molecule has 4 heterocycles. The van der Waals surface area contributed by atoms with Gasteiger partial charge in [-0.3, -0.25) is 9.20 Å². The number of nitrogens with zero attached hydrogens (tertiary/aromatic N) is 5. The van der Waals surface area contributed by atoms with Crippen LogP contribution in [-0.2, 0) is 0 Å². The van der Waals surface area contributed by atoms with Gasteiger partial charge in [0.2, 0.25) is 0 Å². The largest absolute Gasteiger partial charge is 0.369 e. The molecule has 7 nitrogen and oxygen atoms in total. The van der Waals surface area contributed by atoms with Gasteiger partial charge in [-0.05, 0) is 76.7 Å². The summed E-state index contributed by atoms with van der Waals surface area (Å²) in [7, 11) is 4.27. The summed E-state index contributed by atoms with van der Waals surface area (Å²) in [5.74, 6) is -0.106. The highest BCUT2D eigenvalue weighted by atomic mass is 16.1. The molecule has 0 aliphatic carbocycles. The maximum atomic E-state index is 13.1. The standard InChI is InChI=1S/C25H30N6O/c1-6-26-25(32)19-13-18-21(30-10-8-17(14-30)29(4)5)7-9-27-23(18)31-22-12-16(3)15(2)11-20(22)28-24(19)31/h7,9,11-13,17H,6,8,10,14H2,1-5H3,(H,26,32)/t17-/m0/s1. The maximum absolute atomic E-state index is 13.1. The number of hydrogen-bond acceptors (Lipinski definition) is 5. The molecule has 4 aromatic rings. The number of imidazole rings is 1. The van der Waals surface area contributed by atoms with Crippen LogP contribution < -0.4 is 10.2 Å². The minimum Gasteiger partial charge on any atom is -0.369 e. The molecule has 1 N–H and O–H groups in total. The van der Waals surface area contributed by atoms with Crippen LogP contribution in [0.15, 0.2) is 30.5 Å². The average Bonchev–Trinajstić information content (AvgIpc) is 3.39. The van der Waals surface area contributed by atoms with Crippen LogP contribution in [0.4, 0.5) is 5.69 Å². The van der Waals surface area contributed by atoms with E-state index < -0.39 is 0 Å². The van der Waals surface area contributed by atoms with E-state index in [1.54, 1.807) is 0 Å². The van der Waals surface area contributed by atoms with Gasteiger partial charge in [-0.15, -0.1) is 0 Å². The molecule has 1 amide bonds. The molecule has 1 fully saturated rings. The molecule has 0 unspecified atom stereocenters. The number of pyridine rings is 2. The molecule has 32 heavy (non-hydrogen) atoms. The smallest absolute Gasteiger partial charge is 0.255 e. The SMILES string of the molecule is CCNC(=O)c1cc2c(N3CC[C@H](N(C)C)C3)ccnc2n2c1nc1cc(C)c(C)cc12. The Morgan fingerprint density at radius 1 is 1.19 bits per heavy atom. The second-order valence-electron chi connectivity index (χ2n) is 9.03. The van der Waals surface area contributed by atoms with Crippen LogP contribution >= 0.6 is 0 Å². The Morgan fingerprint density at radius 2 is 1.97 bits per heavy atom. The summed E-state index contributed by atoms with van der Waals surface area (Å²) in [5, 5.41) is 3.95. The summed E-state index contributed by atoms with van der Waals surface area (Å²) in [4.78, 5) is 27.4. The fraction of sp³-hybridized carbons (Fsp3) is 0.400. The van der Waals surface area contributed by atoms with Crippen LogP contribution in [0.5, 0.6) is 0 Å². The van der Waals surface area contributed by atoms with Crippen molar-refractivity contribution in [2.45, 2.75) is 33.2 Å². The molecular formula is C25H30N6O. The number of benzene rings is 1. The first-order chi connectivity index (χ1) is 15.4. The minimum absolute atomic E-state index is 0.106. The van der Waals surface area contributed by atoms with Crippen molar-refractivity contribution in [3.8, 4) is 0 Å². The lowest BCUT2D eigenvalue weighted by Gasteiger charge is -2.23. The summed E-state index contributed by atoms with van der Waals surface area (Å²) in [6.45, 7) is 8.64. The molecule has 1 aliphatic heterocycles. The highest BCUT2D eigenvalue weighted by Gasteiger charge is 2.27. The summed E-state index contributed by atoms with van der Waals surface area (Å²) < 4.78 is 2.06. The van der Waals surface area contributed by atoms with Crippen molar-refractivity contribution in [3.63, 3.8) is 0 Å². The van der Waals surface area contributed by atoms with Crippen LogP contribution in [0.25, 0.3) is 27.7 Å². The predicted molar refractivity (Wildman–Crippen MR) is 130 cm³/mol. The van der Waals surface area contributed by atoms with E-state index in [-0.39, 0.29) is 5.91 Å². The molecular weight excluding hydrogens is 400 g/mol. The van der Waals surface area contributed by atoms with Crippen molar-refractivity contribution in [2.24, 2.45) is 0 Å². The second kappa shape index (κ2) is 7.74. The van der Waals surface area contributed by atoms with Crippen LogP contribution in [-0.4, -0.2) is 64.9 Å². The third-order valence-corrected chi connectivity index (χ3v) is 6.77. The van der Waals surface area contributed by atoms with Crippen molar-refractivity contribution in [1.82, 2.24) is 24.6 Å². The summed E-state index contributed by atoms with van der Waals surface area (Å²) >= 11 is 0. The van der Waals surface area contributed by atoms with Crippen molar-refractivity contribution >= 4 is 39.3 Å². The van der Waals surface area contributed by atoms with E-state index in [1.807, 2.05) is 19.2 Å². The Kier molecular flexibility index (Phi) is 5.01. The zero-order chi connectivity index (χ0) is 22.6. The number of hydrogen-bond donors (Lipinski definition) is 1. The summed E-state index contributed by atoms with van der Waals surface area (Å²) in [5.41, 5.74) is 7.44. The van der Waals surface area contributed by atoms with Gasteiger partial charge in [0.1, 0.15) is 5.65 Å². The van der Waals surface area contributed by atoms with Crippen LogP contribution in [0.1, 0.15) is 34.8 Å². The zero-order valence-electron chi connectivity index (χ0n) is 19.4. The molecule has 166 valence electrons. The number of amides is 1. The first-order valence-corrected chi connectivity index (χ1v) is 11.3. The molecule has 0 saturated carbocycles. The van der Waals surface area contributed by atoms with E-state index >= 15 is 0 Å². The molecule has 1 aliphatic rings. The lowest BCUT2D eigenvalue weighted by molar-refractivity contribution is 0.0957. The third-order valence-electron chi connectivity index (χ3n) is 6.77. The van der Waals surface area contributed by atoms with E-state index in [9.17, 15) is 4.79 Å². The van der Waals surface area contributed by atoms with Crippen molar-refractivity contribution in [2.75, 3.05) is 38.6 Å². The van der Waals surface area contributed by atoms with Gasteiger partial charge in [-0.2, -0.15) is 0 Å². The monoisotopic (exact) mass is 430 g/mol. The van der Waals surface area contributed by atoms with Gasteiger partial charge in [0, 0.05) is 42.9 Å². The molecule has 0 bridgehead atoms. The molecule has 0 radical (unpaired) electrons. The lowest BCUT2D eigenvalue weighted by atomic mass is 10.1. The van der Waals surface area contributed by atoms with Gasteiger partial charge in [-0.25, -0.2) is 9.97 Å². The molecule has 1 saturated heterocycles. The summed E-state index contributed by atoms with van der Waals surface area (Å²) in [6, 6.07) is 8.81. The Bertz CT molecular complexity index is 1360.